The molecule has 1 aromatic carbocycles. The Morgan fingerprint density at radius 3 is 2.83 bits per heavy atom. The van der Waals surface area contributed by atoms with E-state index in [1.54, 1.807) is 12.3 Å². The molecule has 5 nitrogen and oxygen atoms in total. The highest BCUT2D eigenvalue weighted by Crippen LogP contribution is 2.38. The van der Waals surface area contributed by atoms with Crippen molar-refractivity contribution in [2.45, 2.75) is 32.4 Å². The summed E-state index contributed by atoms with van der Waals surface area (Å²) in [7, 11) is 1.53. The number of hydrogen-bond acceptors (Lipinski definition) is 4. The minimum atomic E-state index is -0.265. The van der Waals surface area contributed by atoms with E-state index in [2.05, 4.69) is 17.6 Å². The van der Waals surface area contributed by atoms with E-state index in [4.69, 9.17) is 4.74 Å². The van der Waals surface area contributed by atoms with E-state index in [1.165, 1.54) is 7.11 Å². The van der Waals surface area contributed by atoms with Crippen molar-refractivity contribution in [1.82, 2.24) is 4.57 Å². The van der Waals surface area contributed by atoms with E-state index in [1.807, 2.05) is 12.1 Å². The number of methoxy groups -OCH3 is 1. The Bertz CT molecular complexity index is 862. The van der Waals surface area contributed by atoms with Gasteiger partial charge in [-0.2, -0.15) is 5.26 Å². The van der Waals surface area contributed by atoms with E-state index in [0.29, 0.717) is 16.9 Å². The lowest BCUT2D eigenvalue weighted by molar-refractivity contribution is 0.279. The smallest absolute Gasteiger partial charge is 0.187 e. The molecule has 1 aromatic heterocycles. The molecule has 0 spiro atoms. The molecule has 1 unspecified atom stereocenters. The second-order valence-electron chi connectivity index (χ2n) is 5.70. The monoisotopic (exact) mass is 310 g/mol. The number of ether oxygens (including phenoxy) is 1. The van der Waals surface area contributed by atoms with Crippen LogP contribution in [-0.2, 0) is 13.0 Å². The molecule has 23 heavy (non-hydrogen) atoms. The van der Waals surface area contributed by atoms with Crippen LogP contribution in [0.1, 0.15) is 36.1 Å². The summed E-state index contributed by atoms with van der Waals surface area (Å²) < 4.78 is 7.35. The van der Waals surface area contributed by atoms with Gasteiger partial charge >= 0.3 is 0 Å². The van der Waals surface area contributed by atoms with Crippen LogP contribution in [0, 0.1) is 11.3 Å². The SMILES string of the molecule is CCC1Cc2cc(C#N)c(OC)cc2-c2cc(=O)c(CO)cn21. The van der Waals surface area contributed by atoms with Crippen LogP contribution in [0.2, 0.25) is 0 Å². The fraction of sp³-hybridized carbons (Fsp3) is 0.333. The first-order valence-corrected chi connectivity index (χ1v) is 7.60. The predicted octanol–water partition coefficient (Wildman–Crippen LogP) is 2.40. The third kappa shape index (κ3) is 2.41. The zero-order valence-electron chi connectivity index (χ0n) is 13.2. The highest BCUT2D eigenvalue weighted by Gasteiger charge is 2.25. The summed E-state index contributed by atoms with van der Waals surface area (Å²) in [6, 6.07) is 7.60. The van der Waals surface area contributed by atoms with Crippen molar-refractivity contribution in [2.24, 2.45) is 0 Å². The molecule has 1 N–H and O–H groups in total. The molecule has 0 saturated carbocycles. The van der Waals surface area contributed by atoms with Crippen LogP contribution in [0.25, 0.3) is 11.3 Å². The fourth-order valence-electron chi connectivity index (χ4n) is 3.21. The maximum Gasteiger partial charge on any atom is 0.187 e. The van der Waals surface area contributed by atoms with Crippen LogP contribution in [0.4, 0.5) is 0 Å². The Kier molecular flexibility index (Phi) is 3.93. The van der Waals surface area contributed by atoms with Crippen LogP contribution in [0.3, 0.4) is 0 Å². The van der Waals surface area contributed by atoms with Crippen LogP contribution in [0.15, 0.2) is 29.2 Å². The van der Waals surface area contributed by atoms with Crippen molar-refractivity contribution >= 4 is 0 Å². The van der Waals surface area contributed by atoms with Crippen molar-refractivity contribution in [3.63, 3.8) is 0 Å². The average molecular weight is 310 g/mol. The van der Waals surface area contributed by atoms with Gasteiger partial charge in [0.2, 0.25) is 0 Å². The third-order valence-corrected chi connectivity index (χ3v) is 4.47. The van der Waals surface area contributed by atoms with Crippen LogP contribution in [-0.4, -0.2) is 16.8 Å². The van der Waals surface area contributed by atoms with Gasteiger partial charge in [-0.3, -0.25) is 4.79 Å². The molecular weight excluding hydrogens is 292 g/mol. The molecular formula is C18H18N2O3. The summed E-state index contributed by atoms with van der Waals surface area (Å²) in [4.78, 5) is 12.1. The molecule has 0 fully saturated rings. The summed E-state index contributed by atoms with van der Waals surface area (Å²) in [6.07, 6.45) is 3.43. The first kappa shape index (κ1) is 15.3. The molecule has 0 bridgehead atoms. The summed E-state index contributed by atoms with van der Waals surface area (Å²) in [5, 5.41) is 18.6. The summed E-state index contributed by atoms with van der Waals surface area (Å²) >= 11 is 0. The number of pyridine rings is 1. The molecule has 2 heterocycles. The van der Waals surface area contributed by atoms with Gasteiger partial charge in [0.25, 0.3) is 0 Å². The van der Waals surface area contributed by atoms with E-state index >= 15 is 0 Å². The predicted molar refractivity (Wildman–Crippen MR) is 86.4 cm³/mol. The lowest BCUT2D eigenvalue weighted by atomic mass is 9.89. The van der Waals surface area contributed by atoms with Gasteiger partial charge in [-0.15, -0.1) is 0 Å². The first-order chi connectivity index (χ1) is 11.1. The number of fused-ring (bicyclic) bond motifs is 3. The second kappa shape index (κ2) is 5.90. The molecule has 2 aromatic rings. The largest absolute Gasteiger partial charge is 0.495 e. The molecule has 0 radical (unpaired) electrons. The van der Waals surface area contributed by atoms with Gasteiger partial charge in [0, 0.05) is 29.4 Å². The number of nitrogens with zero attached hydrogens (tertiary/aromatic N) is 2. The third-order valence-electron chi connectivity index (χ3n) is 4.47. The molecule has 1 aliphatic heterocycles. The number of aliphatic hydroxyl groups is 1. The zero-order valence-corrected chi connectivity index (χ0v) is 13.2. The molecule has 1 atom stereocenters. The van der Waals surface area contributed by atoms with Gasteiger partial charge in [-0.25, -0.2) is 0 Å². The fourth-order valence-corrected chi connectivity index (χ4v) is 3.21. The second-order valence-corrected chi connectivity index (χ2v) is 5.70. The highest BCUT2D eigenvalue weighted by atomic mass is 16.5. The molecule has 0 aliphatic carbocycles. The quantitative estimate of drug-likeness (QED) is 0.944. The van der Waals surface area contributed by atoms with Gasteiger partial charge in [-0.1, -0.05) is 6.92 Å². The molecule has 5 heteroatoms. The number of aliphatic hydroxyl groups excluding tert-OH is 1. The summed E-state index contributed by atoms with van der Waals surface area (Å²) in [5.41, 5.74) is 3.49. The van der Waals surface area contributed by atoms with Crippen molar-refractivity contribution in [1.29, 1.82) is 5.26 Å². The van der Waals surface area contributed by atoms with E-state index in [9.17, 15) is 15.2 Å². The molecule has 1 aliphatic rings. The summed E-state index contributed by atoms with van der Waals surface area (Å²) in [6.45, 7) is 1.82. The van der Waals surface area contributed by atoms with Crippen molar-refractivity contribution in [3.8, 4) is 23.1 Å². The maximum atomic E-state index is 12.1. The number of hydrogen-bond donors (Lipinski definition) is 1. The van der Waals surface area contributed by atoms with Crippen LogP contribution >= 0.6 is 0 Å². The van der Waals surface area contributed by atoms with Gasteiger partial charge < -0.3 is 14.4 Å². The average Bonchev–Trinajstić information content (AvgIpc) is 2.59. The van der Waals surface area contributed by atoms with Gasteiger partial charge in [-0.05, 0) is 30.5 Å². The number of nitriles is 1. The molecule has 0 saturated heterocycles. The zero-order chi connectivity index (χ0) is 16.6. The Morgan fingerprint density at radius 1 is 1.43 bits per heavy atom. The van der Waals surface area contributed by atoms with Gasteiger partial charge in [0.15, 0.2) is 5.43 Å². The lowest BCUT2D eigenvalue weighted by Crippen LogP contribution is -2.23. The first-order valence-electron chi connectivity index (χ1n) is 7.60. The number of aromatic nitrogens is 1. The molecule has 0 amide bonds. The molecule has 118 valence electrons. The Morgan fingerprint density at radius 2 is 2.22 bits per heavy atom. The normalized spacial score (nSPS) is 15.5. The van der Waals surface area contributed by atoms with E-state index in [-0.39, 0.29) is 18.1 Å². The van der Waals surface area contributed by atoms with Crippen LogP contribution < -0.4 is 10.2 Å². The Labute approximate surface area is 134 Å². The topological polar surface area (TPSA) is 75.2 Å². The van der Waals surface area contributed by atoms with Gasteiger partial charge in [0.1, 0.15) is 11.8 Å². The van der Waals surface area contributed by atoms with Crippen molar-refractivity contribution in [3.05, 3.63) is 51.3 Å². The highest BCUT2D eigenvalue weighted by molar-refractivity contribution is 5.70. The van der Waals surface area contributed by atoms with Crippen LogP contribution in [0.5, 0.6) is 5.75 Å². The standard InChI is InChI=1S/C18H18N2O3/c1-3-14-5-11-4-12(8-19)18(23-2)6-15(11)16-7-17(22)13(10-21)9-20(14)16/h4,6-7,9,14,21H,3,5,10H2,1-2H3. The maximum absolute atomic E-state index is 12.1. The molecule has 3 rings (SSSR count). The van der Waals surface area contributed by atoms with Gasteiger partial charge in [0.05, 0.1) is 25.0 Å². The number of rotatable bonds is 3. The Balaban J connectivity index is 2.30. The van der Waals surface area contributed by atoms with Crippen molar-refractivity contribution < 1.29 is 9.84 Å². The van der Waals surface area contributed by atoms with E-state index < -0.39 is 0 Å². The minimum absolute atomic E-state index is 0.176. The van der Waals surface area contributed by atoms with E-state index in [0.717, 1.165) is 29.7 Å². The Hall–Kier alpha value is -2.58. The summed E-state index contributed by atoms with van der Waals surface area (Å²) in [5.74, 6) is 0.506. The lowest BCUT2D eigenvalue weighted by Gasteiger charge is -2.30. The number of benzene rings is 1. The minimum Gasteiger partial charge on any atom is -0.495 e. The van der Waals surface area contributed by atoms with Crippen molar-refractivity contribution in [2.75, 3.05) is 7.11 Å².